The maximum atomic E-state index is 12.6. The Morgan fingerprint density at radius 1 is 1.21 bits per heavy atom. The molecule has 2 rings (SSSR count). The van der Waals surface area contributed by atoms with Gasteiger partial charge in [0.15, 0.2) is 0 Å². The zero-order chi connectivity index (χ0) is 13.7. The summed E-state index contributed by atoms with van der Waals surface area (Å²) in [5.74, 6) is 1.46. The molecule has 0 saturated carbocycles. The standard InChI is InChI=1S/C15H29N3O/c1-13-5-9-18(10-6-13)15(19)14-4-3-8-17(12-14)11-7-16-2/h13-14,16H,3-12H2,1-2H3. The van der Waals surface area contributed by atoms with E-state index in [2.05, 4.69) is 22.0 Å². The van der Waals surface area contributed by atoms with Gasteiger partial charge in [-0.25, -0.2) is 0 Å². The van der Waals surface area contributed by atoms with Crippen LogP contribution in [-0.4, -0.2) is 62.0 Å². The largest absolute Gasteiger partial charge is 0.342 e. The first-order valence-corrected chi connectivity index (χ1v) is 7.86. The molecule has 0 aliphatic carbocycles. The molecule has 4 nitrogen and oxygen atoms in total. The Bertz CT molecular complexity index is 287. The van der Waals surface area contributed by atoms with Crippen LogP contribution in [0.25, 0.3) is 0 Å². The zero-order valence-corrected chi connectivity index (χ0v) is 12.5. The highest BCUT2D eigenvalue weighted by atomic mass is 16.2. The molecule has 0 aromatic rings. The zero-order valence-electron chi connectivity index (χ0n) is 12.5. The summed E-state index contributed by atoms with van der Waals surface area (Å²) in [7, 11) is 1.99. The van der Waals surface area contributed by atoms with Crippen LogP contribution >= 0.6 is 0 Å². The number of nitrogens with one attached hydrogen (secondary N) is 1. The van der Waals surface area contributed by atoms with Gasteiger partial charge in [0.25, 0.3) is 0 Å². The molecule has 0 radical (unpaired) electrons. The van der Waals surface area contributed by atoms with Gasteiger partial charge in [0.1, 0.15) is 0 Å². The van der Waals surface area contributed by atoms with E-state index in [-0.39, 0.29) is 5.92 Å². The predicted molar refractivity (Wildman–Crippen MR) is 78.1 cm³/mol. The van der Waals surface area contributed by atoms with Gasteiger partial charge in [0.05, 0.1) is 5.92 Å². The van der Waals surface area contributed by atoms with Crippen molar-refractivity contribution >= 4 is 5.91 Å². The van der Waals surface area contributed by atoms with Crippen LogP contribution in [0.2, 0.25) is 0 Å². The number of piperidine rings is 2. The molecule has 2 fully saturated rings. The Labute approximate surface area is 117 Å². The van der Waals surface area contributed by atoms with E-state index in [0.717, 1.165) is 51.6 Å². The number of carbonyl (C=O) groups excluding carboxylic acids is 1. The van der Waals surface area contributed by atoms with Crippen LogP contribution in [0.1, 0.15) is 32.6 Å². The van der Waals surface area contributed by atoms with Crippen LogP contribution in [0.3, 0.4) is 0 Å². The Balaban J connectivity index is 1.81. The third kappa shape index (κ3) is 4.18. The van der Waals surface area contributed by atoms with Crippen LogP contribution in [0, 0.1) is 11.8 Å². The summed E-state index contributed by atoms with van der Waals surface area (Å²) in [6.07, 6.45) is 4.62. The molecule has 1 atom stereocenters. The van der Waals surface area contributed by atoms with E-state index in [1.54, 1.807) is 0 Å². The molecular weight excluding hydrogens is 238 g/mol. The summed E-state index contributed by atoms with van der Waals surface area (Å²) < 4.78 is 0. The Morgan fingerprint density at radius 3 is 2.63 bits per heavy atom. The second-order valence-electron chi connectivity index (χ2n) is 6.25. The maximum Gasteiger partial charge on any atom is 0.226 e. The highest BCUT2D eigenvalue weighted by Crippen LogP contribution is 2.22. The monoisotopic (exact) mass is 267 g/mol. The molecular formula is C15H29N3O. The Hall–Kier alpha value is -0.610. The number of hydrogen-bond donors (Lipinski definition) is 1. The Kier molecular flexibility index (Phi) is 5.64. The number of rotatable bonds is 4. The second kappa shape index (κ2) is 7.25. The second-order valence-corrected chi connectivity index (χ2v) is 6.25. The quantitative estimate of drug-likeness (QED) is 0.831. The van der Waals surface area contributed by atoms with Crippen molar-refractivity contribution < 1.29 is 4.79 Å². The number of likely N-dealkylation sites (tertiary alicyclic amines) is 2. The lowest BCUT2D eigenvalue weighted by Gasteiger charge is -2.37. The summed E-state index contributed by atoms with van der Waals surface area (Å²) in [6, 6.07) is 0. The van der Waals surface area contributed by atoms with E-state index in [0.29, 0.717) is 5.91 Å². The van der Waals surface area contributed by atoms with Crippen LogP contribution < -0.4 is 5.32 Å². The van der Waals surface area contributed by atoms with Crippen molar-refractivity contribution in [2.75, 3.05) is 46.3 Å². The minimum Gasteiger partial charge on any atom is -0.342 e. The smallest absolute Gasteiger partial charge is 0.226 e. The molecule has 2 saturated heterocycles. The molecule has 110 valence electrons. The lowest BCUT2D eigenvalue weighted by molar-refractivity contribution is -0.138. The van der Waals surface area contributed by atoms with E-state index in [1.807, 2.05) is 7.05 Å². The SMILES string of the molecule is CNCCN1CCCC(C(=O)N2CCC(C)CC2)C1. The normalized spacial score (nSPS) is 26.6. The fourth-order valence-electron chi connectivity index (χ4n) is 3.22. The lowest BCUT2D eigenvalue weighted by Crippen LogP contribution is -2.48. The molecule has 0 aromatic heterocycles. The van der Waals surface area contributed by atoms with Crippen molar-refractivity contribution in [2.24, 2.45) is 11.8 Å². The number of likely N-dealkylation sites (N-methyl/N-ethyl adjacent to an activating group) is 1. The van der Waals surface area contributed by atoms with Gasteiger partial charge >= 0.3 is 0 Å². The van der Waals surface area contributed by atoms with Gasteiger partial charge in [-0.2, -0.15) is 0 Å². The van der Waals surface area contributed by atoms with E-state index in [4.69, 9.17) is 0 Å². The van der Waals surface area contributed by atoms with E-state index >= 15 is 0 Å². The Morgan fingerprint density at radius 2 is 1.95 bits per heavy atom. The molecule has 2 heterocycles. The molecule has 0 bridgehead atoms. The average Bonchev–Trinajstić information content (AvgIpc) is 2.45. The van der Waals surface area contributed by atoms with Gasteiger partial charge in [0.2, 0.25) is 5.91 Å². The summed E-state index contributed by atoms with van der Waals surface area (Å²) >= 11 is 0. The minimum atomic E-state index is 0.249. The first-order valence-electron chi connectivity index (χ1n) is 7.86. The fourth-order valence-corrected chi connectivity index (χ4v) is 3.22. The maximum absolute atomic E-state index is 12.6. The summed E-state index contributed by atoms with van der Waals surface area (Å²) in [6.45, 7) is 8.45. The van der Waals surface area contributed by atoms with Crippen LogP contribution in [0.5, 0.6) is 0 Å². The fraction of sp³-hybridized carbons (Fsp3) is 0.933. The van der Waals surface area contributed by atoms with Crippen molar-refractivity contribution in [2.45, 2.75) is 32.6 Å². The molecule has 1 amide bonds. The van der Waals surface area contributed by atoms with Crippen LogP contribution in [0.15, 0.2) is 0 Å². The molecule has 0 spiro atoms. The highest BCUT2D eigenvalue weighted by Gasteiger charge is 2.30. The van der Waals surface area contributed by atoms with Crippen molar-refractivity contribution in [1.82, 2.24) is 15.1 Å². The van der Waals surface area contributed by atoms with Gasteiger partial charge in [-0.15, -0.1) is 0 Å². The van der Waals surface area contributed by atoms with Gasteiger partial charge in [-0.1, -0.05) is 6.92 Å². The van der Waals surface area contributed by atoms with Crippen molar-refractivity contribution in [1.29, 1.82) is 0 Å². The first-order chi connectivity index (χ1) is 9.20. The van der Waals surface area contributed by atoms with Gasteiger partial charge < -0.3 is 15.1 Å². The molecule has 1 unspecified atom stereocenters. The number of amides is 1. The van der Waals surface area contributed by atoms with Crippen LogP contribution in [0.4, 0.5) is 0 Å². The lowest BCUT2D eigenvalue weighted by atomic mass is 9.93. The topological polar surface area (TPSA) is 35.6 Å². The summed E-state index contributed by atoms with van der Waals surface area (Å²) in [4.78, 5) is 17.1. The molecule has 1 N–H and O–H groups in total. The molecule has 19 heavy (non-hydrogen) atoms. The van der Waals surface area contributed by atoms with E-state index in [1.165, 1.54) is 19.3 Å². The van der Waals surface area contributed by atoms with Crippen LogP contribution in [-0.2, 0) is 4.79 Å². The van der Waals surface area contributed by atoms with E-state index < -0.39 is 0 Å². The molecule has 2 aliphatic heterocycles. The molecule has 0 aromatic carbocycles. The van der Waals surface area contributed by atoms with Gasteiger partial charge in [-0.3, -0.25) is 4.79 Å². The first kappa shape index (κ1) is 14.8. The van der Waals surface area contributed by atoms with Crippen molar-refractivity contribution in [3.63, 3.8) is 0 Å². The highest BCUT2D eigenvalue weighted by molar-refractivity contribution is 5.79. The number of nitrogens with zero attached hydrogens (tertiary/aromatic N) is 2. The third-order valence-electron chi connectivity index (χ3n) is 4.63. The van der Waals surface area contributed by atoms with Crippen molar-refractivity contribution in [3.8, 4) is 0 Å². The summed E-state index contributed by atoms with van der Waals surface area (Å²) in [5, 5.41) is 3.19. The molecule has 2 aliphatic rings. The molecule has 4 heteroatoms. The number of carbonyl (C=O) groups is 1. The van der Waals surface area contributed by atoms with E-state index in [9.17, 15) is 4.79 Å². The third-order valence-corrected chi connectivity index (χ3v) is 4.63. The van der Waals surface area contributed by atoms with Gasteiger partial charge in [-0.05, 0) is 45.2 Å². The average molecular weight is 267 g/mol. The predicted octanol–water partition coefficient (Wildman–Crippen LogP) is 1.18. The number of hydrogen-bond acceptors (Lipinski definition) is 3. The van der Waals surface area contributed by atoms with Gasteiger partial charge in [0, 0.05) is 32.7 Å². The summed E-state index contributed by atoms with van der Waals surface area (Å²) in [5.41, 5.74) is 0. The minimum absolute atomic E-state index is 0.249. The van der Waals surface area contributed by atoms with Crippen molar-refractivity contribution in [3.05, 3.63) is 0 Å².